The fourth-order valence-corrected chi connectivity index (χ4v) is 2.50. The fourth-order valence-electron chi connectivity index (χ4n) is 2.50. The maximum Gasteiger partial charge on any atom is 0.327 e. The van der Waals surface area contributed by atoms with Crippen LogP contribution in [0.5, 0.6) is 0 Å². The number of hydrogen-bond acceptors (Lipinski definition) is 2. The summed E-state index contributed by atoms with van der Waals surface area (Å²) in [5.41, 5.74) is 2.55. The molecule has 0 spiro atoms. The SMILES string of the molecule is CCCC(CCC)n1c(=O)[nH]c2ccc(C)nc21. The minimum Gasteiger partial charge on any atom is -0.304 e. The zero-order chi connectivity index (χ0) is 13.1. The number of pyridine rings is 1. The van der Waals surface area contributed by atoms with Gasteiger partial charge in [0.25, 0.3) is 0 Å². The molecule has 0 atom stereocenters. The number of aromatic amines is 1. The summed E-state index contributed by atoms with van der Waals surface area (Å²) < 4.78 is 1.84. The molecule has 4 heteroatoms. The van der Waals surface area contributed by atoms with E-state index in [1.165, 1.54) is 0 Å². The summed E-state index contributed by atoms with van der Waals surface area (Å²) in [6, 6.07) is 4.12. The minimum atomic E-state index is -0.0324. The lowest BCUT2D eigenvalue weighted by molar-refractivity contribution is 0.425. The lowest BCUT2D eigenvalue weighted by Crippen LogP contribution is -2.22. The first kappa shape index (κ1) is 12.9. The molecular weight excluding hydrogens is 226 g/mol. The summed E-state index contributed by atoms with van der Waals surface area (Å²) in [7, 11) is 0. The largest absolute Gasteiger partial charge is 0.327 e. The molecule has 0 saturated carbocycles. The van der Waals surface area contributed by atoms with E-state index in [0.717, 1.165) is 42.5 Å². The van der Waals surface area contributed by atoms with Crippen LogP contribution in [0.1, 0.15) is 51.3 Å². The Morgan fingerprint density at radius 2 is 1.94 bits per heavy atom. The molecule has 0 fully saturated rings. The Bertz CT molecular complexity index is 576. The number of imidazole rings is 1. The van der Waals surface area contributed by atoms with Gasteiger partial charge in [-0.2, -0.15) is 0 Å². The van der Waals surface area contributed by atoms with Crippen LogP contribution >= 0.6 is 0 Å². The van der Waals surface area contributed by atoms with Gasteiger partial charge >= 0.3 is 5.69 Å². The normalized spacial score (nSPS) is 11.6. The van der Waals surface area contributed by atoms with Crippen molar-refractivity contribution >= 4 is 11.2 Å². The molecule has 0 aliphatic rings. The average molecular weight is 247 g/mol. The van der Waals surface area contributed by atoms with Crippen molar-refractivity contribution in [3.63, 3.8) is 0 Å². The van der Waals surface area contributed by atoms with Crippen LogP contribution < -0.4 is 5.69 Å². The standard InChI is InChI=1S/C14H21N3O/c1-4-6-11(7-5-2)17-13-12(16-14(17)18)9-8-10(3)15-13/h8-9,11H,4-7H2,1-3H3,(H,16,18). The van der Waals surface area contributed by atoms with Gasteiger partial charge in [0.2, 0.25) is 0 Å². The average Bonchev–Trinajstić information content (AvgIpc) is 2.64. The van der Waals surface area contributed by atoms with Gasteiger partial charge in [-0.05, 0) is 31.9 Å². The third-order valence-corrected chi connectivity index (χ3v) is 3.31. The number of aromatic nitrogens is 3. The summed E-state index contributed by atoms with van der Waals surface area (Å²) >= 11 is 0. The second kappa shape index (κ2) is 5.38. The van der Waals surface area contributed by atoms with E-state index in [1.807, 2.05) is 23.6 Å². The Morgan fingerprint density at radius 3 is 2.56 bits per heavy atom. The highest BCUT2D eigenvalue weighted by atomic mass is 16.1. The fraction of sp³-hybridized carbons (Fsp3) is 0.571. The van der Waals surface area contributed by atoms with E-state index in [1.54, 1.807) is 0 Å². The second-order valence-corrected chi connectivity index (χ2v) is 4.86. The number of rotatable bonds is 5. The Balaban J connectivity index is 2.56. The van der Waals surface area contributed by atoms with Crippen LogP contribution in [0.25, 0.3) is 11.2 Å². The quantitative estimate of drug-likeness (QED) is 0.882. The molecule has 4 nitrogen and oxygen atoms in total. The Kier molecular flexibility index (Phi) is 3.84. The van der Waals surface area contributed by atoms with Gasteiger partial charge in [0.1, 0.15) is 0 Å². The molecule has 2 heterocycles. The van der Waals surface area contributed by atoms with Gasteiger partial charge in [-0.3, -0.25) is 4.57 Å². The van der Waals surface area contributed by atoms with Crippen LogP contribution in [0.4, 0.5) is 0 Å². The molecule has 0 amide bonds. The molecule has 0 saturated heterocycles. The van der Waals surface area contributed by atoms with Crippen LogP contribution in [0, 0.1) is 6.92 Å². The maximum absolute atomic E-state index is 12.1. The monoisotopic (exact) mass is 247 g/mol. The van der Waals surface area contributed by atoms with Gasteiger partial charge < -0.3 is 4.98 Å². The van der Waals surface area contributed by atoms with Crippen molar-refractivity contribution < 1.29 is 0 Å². The van der Waals surface area contributed by atoms with E-state index >= 15 is 0 Å². The van der Waals surface area contributed by atoms with Crippen LogP contribution in [0.3, 0.4) is 0 Å². The smallest absolute Gasteiger partial charge is 0.304 e. The van der Waals surface area contributed by atoms with Crippen molar-refractivity contribution in [2.45, 2.75) is 52.5 Å². The van der Waals surface area contributed by atoms with Gasteiger partial charge in [0, 0.05) is 11.7 Å². The number of hydrogen-bond donors (Lipinski definition) is 1. The highest BCUT2D eigenvalue weighted by molar-refractivity contribution is 5.70. The second-order valence-electron chi connectivity index (χ2n) is 4.86. The Labute approximate surface area is 107 Å². The highest BCUT2D eigenvalue weighted by Crippen LogP contribution is 2.22. The molecule has 0 aliphatic carbocycles. The summed E-state index contributed by atoms with van der Waals surface area (Å²) in [5, 5.41) is 0. The van der Waals surface area contributed by atoms with E-state index in [0.29, 0.717) is 0 Å². The van der Waals surface area contributed by atoms with Crippen LogP contribution in [-0.2, 0) is 0 Å². The Morgan fingerprint density at radius 1 is 1.28 bits per heavy atom. The molecule has 0 radical (unpaired) electrons. The van der Waals surface area contributed by atoms with E-state index < -0.39 is 0 Å². The number of nitrogens with zero attached hydrogens (tertiary/aromatic N) is 2. The predicted molar refractivity (Wildman–Crippen MR) is 73.9 cm³/mol. The van der Waals surface area contributed by atoms with E-state index in [9.17, 15) is 4.79 Å². The van der Waals surface area contributed by atoms with Gasteiger partial charge in [0.05, 0.1) is 5.52 Å². The molecule has 0 aromatic carbocycles. The maximum atomic E-state index is 12.1. The Hall–Kier alpha value is -1.58. The van der Waals surface area contributed by atoms with Gasteiger partial charge in [-0.1, -0.05) is 26.7 Å². The van der Waals surface area contributed by atoms with Crippen molar-refractivity contribution in [2.75, 3.05) is 0 Å². The summed E-state index contributed by atoms with van der Waals surface area (Å²) in [5.74, 6) is 0. The van der Waals surface area contributed by atoms with Crippen molar-refractivity contribution in [3.8, 4) is 0 Å². The molecule has 0 aliphatic heterocycles. The summed E-state index contributed by atoms with van der Waals surface area (Å²) in [6.45, 7) is 6.26. The third-order valence-electron chi connectivity index (χ3n) is 3.31. The van der Waals surface area contributed by atoms with Crippen molar-refractivity contribution in [2.24, 2.45) is 0 Å². The van der Waals surface area contributed by atoms with Gasteiger partial charge in [-0.25, -0.2) is 9.78 Å². The predicted octanol–water partition coefficient (Wildman–Crippen LogP) is 3.17. The lowest BCUT2D eigenvalue weighted by Gasteiger charge is -2.16. The summed E-state index contributed by atoms with van der Waals surface area (Å²) in [6.07, 6.45) is 4.21. The first-order valence-corrected chi connectivity index (χ1v) is 6.75. The number of nitrogens with one attached hydrogen (secondary N) is 1. The van der Waals surface area contributed by atoms with E-state index in [2.05, 4.69) is 23.8 Å². The topological polar surface area (TPSA) is 50.7 Å². The van der Waals surface area contributed by atoms with E-state index in [4.69, 9.17) is 0 Å². The number of H-pyrrole nitrogens is 1. The molecule has 0 bridgehead atoms. The zero-order valence-electron chi connectivity index (χ0n) is 11.4. The van der Waals surface area contributed by atoms with Gasteiger partial charge in [0.15, 0.2) is 5.65 Å². The van der Waals surface area contributed by atoms with Crippen LogP contribution in [0.15, 0.2) is 16.9 Å². The van der Waals surface area contributed by atoms with Crippen molar-refractivity contribution in [1.82, 2.24) is 14.5 Å². The molecule has 18 heavy (non-hydrogen) atoms. The highest BCUT2D eigenvalue weighted by Gasteiger charge is 2.16. The van der Waals surface area contributed by atoms with Crippen molar-refractivity contribution in [3.05, 3.63) is 28.3 Å². The molecule has 1 N–H and O–H groups in total. The zero-order valence-corrected chi connectivity index (χ0v) is 11.4. The molecule has 2 aromatic heterocycles. The molecule has 0 unspecified atom stereocenters. The molecular formula is C14H21N3O. The van der Waals surface area contributed by atoms with Crippen molar-refractivity contribution in [1.29, 1.82) is 0 Å². The van der Waals surface area contributed by atoms with Gasteiger partial charge in [-0.15, -0.1) is 0 Å². The number of fused-ring (bicyclic) bond motifs is 1. The molecule has 98 valence electrons. The third kappa shape index (κ3) is 2.33. The molecule has 2 aromatic rings. The first-order valence-electron chi connectivity index (χ1n) is 6.75. The first-order chi connectivity index (χ1) is 8.67. The van der Waals surface area contributed by atoms with Crippen LogP contribution in [0.2, 0.25) is 0 Å². The minimum absolute atomic E-state index is 0.0324. The van der Waals surface area contributed by atoms with E-state index in [-0.39, 0.29) is 11.7 Å². The number of aryl methyl sites for hydroxylation is 1. The molecule has 2 rings (SSSR count). The lowest BCUT2D eigenvalue weighted by atomic mass is 10.1. The summed E-state index contributed by atoms with van der Waals surface area (Å²) in [4.78, 5) is 19.5. The van der Waals surface area contributed by atoms with Crippen LogP contribution in [-0.4, -0.2) is 14.5 Å².